The van der Waals surface area contributed by atoms with E-state index in [4.69, 9.17) is 0 Å². The van der Waals surface area contributed by atoms with Crippen LogP contribution in [0.1, 0.15) is 43.0 Å². The predicted octanol–water partition coefficient (Wildman–Crippen LogP) is 2.65. The Morgan fingerprint density at radius 3 is 2.68 bits per heavy atom. The van der Waals surface area contributed by atoms with Crippen LogP contribution < -0.4 is 5.32 Å². The first-order valence-electron chi connectivity index (χ1n) is 8.90. The lowest BCUT2D eigenvalue weighted by Gasteiger charge is -2.24. The van der Waals surface area contributed by atoms with Crippen LogP contribution in [-0.2, 0) is 4.79 Å². The number of aliphatic hydroxyl groups excluding tert-OH is 1. The van der Waals surface area contributed by atoms with E-state index in [0.29, 0.717) is 18.2 Å². The van der Waals surface area contributed by atoms with Crippen LogP contribution in [0.25, 0.3) is 0 Å². The molecule has 2 saturated carbocycles. The third-order valence-corrected chi connectivity index (χ3v) is 5.39. The number of aliphatic hydroxyl groups is 1. The van der Waals surface area contributed by atoms with Crippen molar-refractivity contribution >= 4 is 17.5 Å². The van der Waals surface area contributed by atoms with Gasteiger partial charge in [0.2, 0.25) is 5.91 Å². The predicted molar refractivity (Wildman–Crippen MR) is 92.6 cm³/mol. The standard InChI is InChI=1S/C19H25FN2O3/c1-11-8-14(11)18(24)21-16-7-6-13(20)9-15(16)19(25)22(2)10-12-4-3-5-17(12)23/h6-7,9,11-12,14,17,23H,3-5,8,10H2,1-2H3,(H,21,24). The highest BCUT2D eigenvalue weighted by Gasteiger charge is 2.39. The van der Waals surface area contributed by atoms with Gasteiger partial charge in [0.15, 0.2) is 0 Å². The molecule has 0 aromatic heterocycles. The molecule has 5 nitrogen and oxygen atoms in total. The van der Waals surface area contributed by atoms with Crippen molar-refractivity contribution in [3.63, 3.8) is 0 Å². The zero-order valence-electron chi connectivity index (χ0n) is 14.7. The summed E-state index contributed by atoms with van der Waals surface area (Å²) in [5.74, 6) is -0.617. The number of nitrogens with one attached hydrogen (secondary N) is 1. The molecule has 0 spiro atoms. The Morgan fingerprint density at radius 1 is 1.36 bits per heavy atom. The summed E-state index contributed by atoms with van der Waals surface area (Å²) in [6, 6.07) is 3.84. The zero-order chi connectivity index (χ0) is 18.1. The minimum Gasteiger partial charge on any atom is -0.393 e. The minimum absolute atomic E-state index is 0.0284. The quantitative estimate of drug-likeness (QED) is 0.859. The first kappa shape index (κ1) is 17.9. The molecule has 4 unspecified atom stereocenters. The van der Waals surface area contributed by atoms with Gasteiger partial charge in [-0.1, -0.05) is 13.3 Å². The summed E-state index contributed by atoms with van der Waals surface area (Å²) in [6.07, 6.45) is 3.04. The highest BCUT2D eigenvalue weighted by molar-refractivity contribution is 6.04. The first-order valence-corrected chi connectivity index (χ1v) is 8.90. The van der Waals surface area contributed by atoms with Gasteiger partial charge in [0.05, 0.1) is 17.4 Å². The Labute approximate surface area is 147 Å². The monoisotopic (exact) mass is 348 g/mol. The molecule has 1 aromatic carbocycles. The van der Waals surface area contributed by atoms with Crippen LogP contribution >= 0.6 is 0 Å². The summed E-state index contributed by atoms with van der Waals surface area (Å²) < 4.78 is 13.7. The van der Waals surface area contributed by atoms with Crippen LogP contribution in [0, 0.1) is 23.6 Å². The van der Waals surface area contributed by atoms with E-state index < -0.39 is 11.9 Å². The number of anilines is 1. The van der Waals surface area contributed by atoms with Crippen molar-refractivity contribution in [3.05, 3.63) is 29.6 Å². The van der Waals surface area contributed by atoms with Gasteiger partial charge in [0.25, 0.3) is 5.91 Å². The van der Waals surface area contributed by atoms with Crippen LogP contribution in [0.5, 0.6) is 0 Å². The van der Waals surface area contributed by atoms with Gasteiger partial charge in [0.1, 0.15) is 5.82 Å². The van der Waals surface area contributed by atoms with E-state index >= 15 is 0 Å². The molecule has 2 aliphatic carbocycles. The maximum Gasteiger partial charge on any atom is 0.255 e. The molecule has 6 heteroatoms. The molecule has 1 aromatic rings. The minimum atomic E-state index is -0.518. The molecule has 0 aliphatic heterocycles. The number of hydrogen-bond acceptors (Lipinski definition) is 3. The van der Waals surface area contributed by atoms with E-state index in [2.05, 4.69) is 5.32 Å². The van der Waals surface area contributed by atoms with Crippen LogP contribution in [0.3, 0.4) is 0 Å². The van der Waals surface area contributed by atoms with Crippen LogP contribution in [0.4, 0.5) is 10.1 Å². The zero-order valence-corrected chi connectivity index (χ0v) is 14.7. The lowest BCUT2D eigenvalue weighted by molar-refractivity contribution is -0.117. The number of nitrogens with zero attached hydrogens (tertiary/aromatic N) is 1. The van der Waals surface area contributed by atoms with E-state index in [-0.39, 0.29) is 29.2 Å². The average Bonchev–Trinajstić information content (AvgIpc) is 3.18. The fraction of sp³-hybridized carbons (Fsp3) is 0.579. The number of hydrogen-bond donors (Lipinski definition) is 2. The van der Waals surface area contributed by atoms with Gasteiger partial charge >= 0.3 is 0 Å². The van der Waals surface area contributed by atoms with Crippen molar-refractivity contribution in [2.45, 2.75) is 38.7 Å². The van der Waals surface area contributed by atoms with Crippen molar-refractivity contribution in [2.24, 2.45) is 17.8 Å². The molecule has 2 aliphatic rings. The van der Waals surface area contributed by atoms with Gasteiger partial charge in [-0.3, -0.25) is 9.59 Å². The molecule has 2 amide bonds. The number of amides is 2. The fourth-order valence-electron chi connectivity index (χ4n) is 3.59. The molecule has 0 saturated heterocycles. The van der Waals surface area contributed by atoms with Crippen molar-refractivity contribution in [3.8, 4) is 0 Å². The topological polar surface area (TPSA) is 69.6 Å². The van der Waals surface area contributed by atoms with Crippen molar-refractivity contribution < 1.29 is 19.1 Å². The summed E-state index contributed by atoms with van der Waals surface area (Å²) in [6.45, 7) is 2.42. The molecule has 2 fully saturated rings. The van der Waals surface area contributed by atoms with Crippen molar-refractivity contribution in [1.82, 2.24) is 4.90 Å². The van der Waals surface area contributed by atoms with Gasteiger partial charge < -0.3 is 15.3 Å². The maximum absolute atomic E-state index is 13.7. The van der Waals surface area contributed by atoms with Crippen molar-refractivity contribution in [1.29, 1.82) is 0 Å². The van der Waals surface area contributed by atoms with Crippen LogP contribution in [-0.4, -0.2) is 41.5 Å². The van der Waals surface area contributed by atoms with Gasteiger partial charge in [-0.2, -0.15) is 0 Å². The summed E-state index contributed by atoms with van der Waals surface area (Å²) in [5, 5.41) is 12.7. The maximum atomic E-state index is 13.7. The highest BCUT2D eigenvalue weighted by Crippen LogP contribution is 2.38. The van der Waals surface area contributed by atoms with Crippen molar-refractivity contribution in [2.75, 3.05) is 18.9 Å². The number of carbonyl (C=O) groups is 2. The van der Waals surface area contributed by atoms with E-state index in [0.717, 1.165) is 31.7 Å². The van der Waals surface area contributed by atoms with Crippen LogP contribution in [0.2, 0.25) is 0 Å². The second kappa shape index (κ2) is 7.12. The molecular formula is C19H25FN2O3. The SMILES string of the molecule is CC1CC1C(=O)Nc1ccc(F)cc1C(=O)N(C)CC1CCCC1O. The fourth-order valence-corrected chi connectivity index (χ4v) is 3.59. The van der Waals surface area contributed by atoms with E-state index in [9.17, 15) is 19.1 Å². The lowest BCUT2D eigenvalue weighted by atomic mass is 10.0. The Balaban J connectivity index is 1.73. The second-order valence-corrected chi connectivity index (χ2v) is 7.44. The Kier molecular flexibility index (Phi) is 5.08. The third kappa shape index (κ3) is 4.00. The second-order valence-electron chi connectivity index (χ2n) is 7.44. The van der Waals surface area contributed by atoms with Gasteiger partial charge in [-0.15, -0.1) is 0 Å². The molecule has 0 heterocycles. The molecule has 136 valence electrons. The summed E-state index contributed by atoms with van der Waals surface area (Å²) in [7, 11) is 1.65. The number of rotatable bonds is 5. The number of benzene rings is 1. The Morgan fingerprint density at radius 2 is 2.08 bits per heavy atom. The molecule has 0 bridgehead atoms. The third-order valence-electron chi connectivity index (χ3n) is 5.39. The molecule has 3 rings (SSSR count). The van der Waals surface area contributed by atoms with E-state index in [1.54, 1.807) is 7.05 Å². The number of carbonyl (C=O) groups excluding carboxylic acids is 2. The average molecular weight is 348 g/mol. The van der Waals surface area contributed by atoms with Gasteiger partial charge in [0, 0.05) is 25.4 Å². The largest absolute Gasteiger partial charge is 0.393 e. The van der Waals surface area contributed by atoms with E-state index in [1.807, 2.05) is 6.92 Å². The van der Waals surface area contributed by atoms with Crippen LogP contribution in [0.15, 0.2) is 18.2 Å². The molecule has 0 radical (unpaired) electrons. The highest BCUT2D eigenvalue weighted by atomic mass is 19.1. The lowest BCUT2D eigenvalue weighted by Crippen LogP contribution is -2.35. The molecule has 2 N–H and O–H groups in total. The van der Waals surface area contributed by atoms with Gasteiger partial charge in [-0.25, -0.2) is 4.39 Å². The molecule has 25 heavy (non-hydrogen) atoms. The molecule has 4 atom stereocenters. The Bertz CT molecular complexity index is 679. The van der Waals surface area contributed by atoms with E-state index in [1.165, 1.54) is 17.0 Å². The van der Waals surface area contributed by atoms with Gasteiger partial charge in [-0.05, 0) is 43.4 Å². The smallest absolute Gasteiger partial charge is 0.255 e. The summed E-state index contributed by atoms with van der Waals surface area (Å²) in [4.78, 5) is 26.4. The summed E-state index contributed by atoms with van der Waals surface area (Å²) >= 11 is 0. The first-order chi connectivity index (χ1) is 11.9. The number of halogens is 1. The summed E-state index contributed by atoms with van der Waals surface area (Å²) in [5.41, 5.74) is 0.492. The normalized spacial score (nSPS) is 27.8. The Hall–Kier alpha value is -1.95. The molecular weight excluding hydrogens is 323 g/mol.